The van der Waals surface area contributed by atoms with Gasteiger partial charge in [-0.3, -0.25) is 9.59 Å². The molecule has 19 heavy (non-hydrogen) atoms. The second kappa shape index (κ2) is 5.33. The predicted octanol–water partition coefficient (Wildman–Crippen LogP) is 0.168. The Morgan fingerprint density at radius 2 is 2.00 bits per heavy atom. The Morgan fingerprint density at radius 3 is 2.47 bits per heavy atom. The second-order valence-electron chi connectivity index (χ2n) is 4.42. The van der Waals surface area contributed by atoms with Crippen molar-refractivity contribution in [3.05, 3.63) is 23.5 Å². The molecule has 1 aliphatic carbocycles. The van der Waals surface area contributed by atoms with Crippen molar-refractivity contribution in [3.63, 3.8) is 0 Å². The zero-order valence-electron chi connectivity index (χ0n) is 9.89. The summed E-state index contributed by atoms with van der Waals surface area (Å²) >= 11 is 0. The monoisotopic (exact) mass is 285 g/mol. The molecule has 5 nitrogen and oxygen atoms in total. The third kappa shape index (κ3) is 3.15. The predicted molar refractivity (Wildman–Crippen MR) is 69.7 cm³/mol. The van der Waals surface area contributed by atoms with Gasteiger partial charge < -0.3 is 15.5 Å². The number of hydrogen-bond acceptors (Lipinski definition) is 4. The Bertz CT molecular complexity index is 520. The van der Waals surface area contributed by atoms with E-state index in [9.17, 15) is 14.0 Å². The van der Waals surface area contributed by atoms with E-state index >= 15 is 0 Å². The van der Waals surface area contributed by atoms with E-state index in [1.807, 2.05) is 0 Å². The molecule has 1 aromatic rings. The van der Waals surface area contributed by atoms with Gasteiger partial charge in [-0.1, -0.05) is 0 Å². The van der Waals surface area contributed by atoms with E-state index in [1.165, 1.54) is 6.07 Å². The Hall–Kier alpha value is -1.36. The van der Waals surface area contributed by atoms with Crippen LogP contribution in [0.5, 0.6) is 0 Å². The molecule has 0 bridgehead atoms. The third-order valence-corrected chi connectivity index (χ3v) is 3.27. The van der Waals surface area contributed by atoms with Crippen molar-refractivity contribution in [3.8, 4) is 0 Å². The highest BCUT2D eigenvalue weighted by Gasteiger charge is 2.30. The number of nitrogens with one attached hydrogen (secondary N) is 1. The molecule has 2 rings (SSSR count). The lowest BCUT2D eigenvalue weighted by molar-refractivity contribution is -0.117. The molecule has 1 fully saturated rings. The maximum Gasteiger partial charge on any atom is 0.227 e. The summed E-state index contributed by atoms with van der Waals surface area (Å²) in [6.07, 6.45) is -0.606. The Morgan fingerprint density at radius 1 is 1.37 bits per heavy atom. The van der Waals surface area contributed by atoms with Crippen LogP contribution in [0.4, 0.5) is 10.1 Å². The van der Waals surface area contributed by atoms with E-state index in [0.29, 0.717) is 0 Å². The topological polar surface area (TPSA) is 86.6 Å². The molecule has 0 radical (unpaired) electrons. The van der Waals surface area contributed by atoms with Gasteiger partial charge in [0.2, 0.25) is 18.0 Å². The summed E-state index contributed by atoms with van der Waals surface area (Å²) in [4.78, 5) is 22.9. The Labute approximate surface area is 111 Å². The minimum atomic E-state index is -2.26. The Balaban J connectivity index is 2.25. The SMILES string of the molecule is O=C(c1c(F)cc(NC(=O)C2CC2)cc1P)C(O)O. The van der Waals surface area contributed by atoms with Crippen molar-refractivity contribution >= 4 is 31.9 Å². The molecule has 0 heterocycles. The molecule has 1 aromatic carbocycles. The minimum absolute atomic E-state index is 0.0170. The largest absolute Gasteiger partial charge is 0.362 e. The lowest BCUT2D eigenvalue weighted by Crippen LogP contribution is -2.26. The lowest BCUT2D eigenvalue weighted by atomic mass is 10.1. The average molecular weight is 285 g/mol. The summed E-state index contributed by atoms with van der Waals surface area (Å²) < 4.78 is 13.8. The minimum Gasteiger partial charge on any atom is -0.362 e. The van der Waals surface area contributed by atoms with Crippen LogP contribution in [-0.4, -0.2) is 28.2 Å². The summed E-state index contributed by atoms with van der Waals surface area (Å²) in [5, 5.41) is 20.3. The molecular formula is C12H13FNO4P. The van der Waals surface area contributed by atoms with E-state index in [1.54, 1.807) is 0 Å². The standard InChI is InChI=1S/C12H13FNO4P/c13-7-3-6(14-11(16)5-1-2-5)4-8(19)9(7)10(15)12(17)18/h3-5,12,17-18H,1-2,19H2,(H,14,16). The number of amides is 1. The molecule has 0 saturated heterocycles. The van der Waals surface area contributed by atoms with Crippen LogP contribution in [0.2, 0.25) is 0 Å². The van der Waals surface area contributed by atoms with Crippen LogP contribution in [0.15, 0.2) is 12.1 Å². The normalized spacial score (nSPS) is 14.6. The molecule has 7 heteroatoms. The van der Waals surface area contributed by atoms with Crippen molar-refractivity contribution < 1.29 is 24.2 Å². The first kappa shape index (κ1) is 14.1. The molecule has 1 saturated carbocycles. The van der Waals surface area contributed by atoms with Crippen molar-refractivity contribution in [2.75, 3.05) is 5.32 Å². The van der Waals surface area contributed by atoms with E-state index < -0.39 is 23.5 Å². The number of Topliss-reactive ketones (excluding diaryl/α,β-unsaturated/α-hetero) is 1. The van der Waals surface area contributed by atoms with Gasteiger partial charge in [0.25, 0.3) is 0 Å². The second-order valence-corrected chi connectivity index (χ2v) is 5.05. The van der Waals surface area contributed by atoms with Crippen molar-refractivity contribution in [1.82, 2.24) is 0 Å². The number of ketones is 1. The number of carbonyl (C=O) groups is 2. The summed E-state index contributed by atoms with van der Waals surface area (Å²) in [5.41, 5.74) is -0.173. The van der Waals surface area contributed by atoms with E-state index in [2.05, 4.69) is 14.6 Å². The van der Waals surface area contributed by atoms with E-state index in [4.69, 9.17) is 10.2 Å². The zero-order valence-corrected chi connectivity index (χ0v) is 11.0. The van der Waals surface area contributed by atoms with Crippen LogP contribution in [0, 0.1) is 11.7 Å². The first-order valence-corrected chi connectivity index (χ1v) is 6.28. The quantitative estimate of drug-likeness (QED) is 0.418. The van der Waals surface area contributed by atoms with Crippen LogP contribution >= 0.6 is 9.24 Å². The molecular weight excluding hydrogens is 272 g/mol. The number of anilines is 1. The smallest absolute Gasteiger partial charge is 0.227 e. The fraction of sp³-hybridized carbons (Fsp3) is 0.333. The molecule has 0 spiro atoms. The van der Waals surface area contributed by atoms with Gasteiger partial charge in [-0.15, -0.1) is 9.24 Å². The number of aliphatic hydroxyl groups is 2. The number of hydrogen-bond donors (Lipinski definition) is 3. The zero-order chi connectivity index (χ0) is 14.2. The van der Waals surface area contributed by atoms with Gasteiger partial charge in [-0.05, 0) is 30.3 Å². The van der Waals surface area contributed by atoms with Crippen LogP contribution in [-0.2, 0) is 4.79 Å². The lowest BCUT2D eigenvalue weighted by Gasteiger charge is -2.11. The molecule has 1 atom stereocenters. The number of benzene rings is 1. The molecule has 0 aliphatic heterocycles. The fourth-order valence-electron chi connectivity index (χ4n) is 1.68. The molecule has 1 unspecified atom stereocenters. The van der Waals surface area contributed by atoms with Crippen molar-refractivity contribution in [1.29, 1.82) is 0 Å². The van der Waals surface area contributed by atoms with Crippen LogP contribution in [0.25, 0.3) is 0 Å². The summed E-state index contributed by atoms with van der Waals surface area (Å²) in [7, 11) is 2.14. The third-order valence-electron chi connectivity index (χ3n) is 2.82. The molecule has 102 valence electrons. The number of carbonyl (C=O) groups excluding carboxylic acids is 2. The number of rotatable bonds is 4. The number of aliphatic hydroxyl groups excluding tert-OH is 1. The van der Waals surface area contributed by atoms with Crippen LogP contribution in [0.3, 0.4) is 0 Å². The number of halogens is 1. The average Bonchev–Trinajstić information content (AvgIpc) is 3.11. The first-order valence-electron chi connectivity index (χ1n) is 5.70. The first-order chi connectivity index (χ1) is 8.90. The van der Waals surface area contributed by atoms with Gasteiger partial charge in [0.1, 0.15) is 5.82 Å². The molecule has 3 N–H and O–H groups in total. The van der Waals surface area contributed by atoms with Gasteiger partial charge in [-0.2, -0.15) is 0 Å². The molecule has 0 aromatic heterocycles. The molecule has 1 amide bonds. The van der Waals surface area contributed by atoms with E-state index in [0.717, 1.165) is 18.9 Å². The summed E-state index contributed by atoms with van der Waals surface area (Å²) in [5.74, 6) is -2.22. The molecule has 1 aliphatic rings. The fourth-order valence-corrected chi connectivity index (χ4v) is 2.14. The van der Waals surface area contributed by atoms with Crippen LogP contribution < -0.4 is 10.6 Å². The van der Waals surface area contributed by atoms with Crippen LogP contribution in [0.1, 0.15) is 23.2 Å². The highest BCUT2D eigenvalue weighted by Crippen LogP contribution is 2.30. The highest BCUT2D eigenvalue weighted by atomic mass is 31.0. The van der Waals surface area contributed by atoms with Crippen molar-refractivity contribution in [2.45, 2.75) is 19.1 Å². The summed E-state index contributed by atoms with van der Waals surface area (Å²) in [6.45, 7) is 0. The van der Waals surface area contributed by atoms with Gasteiger partial charge >= 0.3 is 0 Å². The van der Waals surface area contributed by atoms with Crippen molar-refractivity contribution in [2.24, 2.45) is 5.92 Å². The summed E-state index contributed by atoms with van der Waals surface area (Å²) in [6, 6.07) is 2.38. The Kier molecular flexibility index (Phi) is 3.94. The maximum atomic E-state index is 13.8. The van der Waals surface area contributed by atoms with Gasteiger partial charge in [0.05, 0.1) is 5.56 Å². The maximum absolute atomic E-state index is 13.8. The van der Waals surface area contributed by atoms with Gasteiger partial charge in [0, 0.05) is 11.6 Å². The highest BCUT2D eigenvalue weighted by molar-refractivity contribution is 7.27. The van der Waals surface area contributed by atoms with E-state index in [-0.39, 0.29) is 22.8 Å². The van der Waals surface area contributed by atoms with Gasteiger partial charge in [0.15, 0.2) is 0 Å². The van der Waals surface area contributed by atoms with Gasteiger partial charge in [-0.25, -0.2) is 4.39 Å².